The van der Waals surface area contributed by atoms with Gasteiger partial charge in [0.15, 0.2) is 17.0 Å². The molecule has 0 bridgehead atoms. The lowest BCUT2D eigenvalue weighted by molar-refractivity contribution is 0.518. The van der Waals surface area contributed by atoms with Crippen LogP contribution in [-0.2, 0) is 13.1 Å². The van der Waals surface area contributed by atoms with Crippen LogP contribution in [0.3, 0.4) is 0 Å². The highest BCUT2D eigenvalue weighted by Crippen LogP contribution is 2.16. The van der Waals surface area contributed by atoms with Crippen molar-refractivity contribution in [2.24, 2.45) is 0 Å². The van der Waals surface area contributed by atoms with Gasteiger partial charge in [-0.1, -0.05) is 5.21 Å². The fourth-order valence-electron chi connectivity index (χ4n) is 1.72. The zero-order chi connectivity index (χ0) is 12.4. The van der Waals surface area contributed by atoms with Gasteiger partial charge in [-0.15, -0.1) is 5.10 Å². The van der Waals surface area contributed by atoms with Crippen LogP contribution in [0, 0.1) is 0 Å². The summed E-state index contributed by atoms with van der Waals surface area (Å²) in [6.07, 6.45) is 3.14. The van der Waals surface area contributed by atoms with E-state index in [1.54, 1.807) is 10.9 Å². The quantitative estimate of drug-likeness (QED) is 0.748. The first-order valence-corrected chi connectivity index (χ1v) is 5.69. The third-order valence-electron chi connectivity index (χ3n) is 2.61. The van der Waals surface area contributed by atoms with Crippen LogP contribution in [0.25, 0.3) is 11.2 Å². The van der Waals surface area contributed by atoms with E-state index in [-0.39, 0.29) is 0 Å². The minimum absolute atomic E-state index is 0.554. The molecule has 0 atom stereocenters. The van der Waals surface area contributed by atoms with Gasteiger partial charge in [0.2, 0.25) is 0 Å². The van der Waals surface area contributed by atoms with Crippen LogP contribution in [-0.4, -0.2) is 25.0 Å². The molecular formula is C11H12N6O. The number of hydrogen-bond acceptors (Lipinski definition) is 6. The Kier molecular flexibility index (Phi) is 2.64. The van der Waals surface area contributed by atoms with Crippen LogP contribution < -0.4 is 5.32 Å². The lowest BCUT2D eigenvalue weighted by Gasteiger charge is -2.03. The number of furan rings is 1. The maximum Gasteiger partial charge on any atom is 0.183 e. The Bertz CT molecular complexity index is 645. The number of nitrogens with one attached hydrogen (secondary N) is 1. The molecule has 3 heterocycles. The Hall–Kier alpha value is -2.44. The summed E-state index contributed by atoms with van der Waals surface area (Å²) in [7, 11) is 0. The van der Waals surface area contributed by atoms with E-state index in [0.717, 1.165) is 18.0 Å². The number of hydrogen-bond donors (Lipinski definition) is 1. The van der Waals surface area contributed by atoms with E-state index in [9.17, 15) is 0 Å². The summed E-state index contributed by atoms with van der Waals surface area (Å²) in [4.78, 5) is 8.36. The van der Waals surface area contributed by atoms with Gasteiger partial charge in [0, 0.05) is 6.54 Å². The van der Waals surface area contributed by atoms with Crippen molar-refractivity contribution < 1.29 is 4.42 Å². The molecule has 0 spiro atoms. The van der Waals surface area contributed by atoms with Crippen molar-refractivity contribution >= 4 is 17.0 Å². The van der Waals surface area contributed by atoms with Gasteiger partial charge in [0.25, 0.3) is 0 Å². The summed E-state index contributed by atoms with van der Waals surface area (Å²) in [6, 6.07) is 3.74. The molecule has 0 unspecified atom stereocenters. The zero-order valence-corrected chi connectivity index (χ0v) is 9.87. The molecule has 7 nitrogen and oxygen atoms in total. The van der Waals surface area contributed by atoms with Crippen molar-refractivity contribution in [1.82, 2.24) is 25.0 Å². The van der Waals surface area contributed by atoms with Crippen molar-refractivity contribution in [3.8, 4) is 0 Å². The highest BCUT2D eigenvalue weighted by Gasteiger charge is 2.10. The lowest BCUT2D eigenvalue weighted by atomic mass is 10.4. The fraction of sp³-hybridized carbons (Fsp3) is 0.273. The predicted octanol–water partition coefficient (Wildman–Crippen LogP) is 1.45. The summed E-state index contributed by atoms with van der Waals surface area (Å²) in [5.41, 5.74) is 1.40. The minimum atomic E-state index is 0.554. The Morgan fingerprint density at radius 2 is 2.33 bits per heavy atom. The smallest absolute Gasteiger partial charge is 0.183 e. The number of aromatic nitrogens is 5. The molecule has 0 aliphatic heterocycles. The first-order chi connectivity index (χ1) is 8.88. The van der Waals surface area contributed by atoms with Crippen molar-refractivity contribution in [2.45, 2.75) is 20.0 Å². The van der Waals surface area contributed by atoms with Crippen molar-refractivity contribution in [3.05, 3.63) is 30.5 Å². The minimum Gasteiger partial charge on any atom is -0.467 e. The van der Waals surface area contributed by atoms with E-state index in [0.29, 0.717) is 17.9 Å². The van der Waals surface area contributed by atoms with Crippen LogP contribution in [0.2, 0.25) is 0 Å². The molecule has 0 aliphatic carbocycles. The molecule has 3 aromatic heterocycles. The topological polar surface area (TPSA) is 81.7 Å². The second kappa shape index (κ2) is 4.44. The summed E-state index contributed by atoms with van der Waals surface area (Å²) < 4.78 is 6.98. The second-order valence-corrected chi connectivity index (χ2v) is 3.73. The normalized spacial score (nSPS) is 10.9. The van der Waals surface area contributed by atoms with Crippen LogP contribution >= 0.6 is 0 Å². The molecule has 18 heavy (non-hydrogen) atoms. The maximum absolute atomic E-state index is 5.25. The van der Waals surface area contributed by atoms with Gasteiger partial charge < -0.3 is 9.73 Å². The van der Waals surface area contributed by atoms with Gasteiger partial charge in [-0.2, -0.15) is 0 Å². The predicted molar refractivity (Wildman–Crippen MR) is 64.8 cm³/mol. The Morgan fingerprint density at radius 1 is 1.39 bits per heavy atom. The van der Waals surface area contributed by atoms with E-state index in [4.69, 9.17) is 4.42 Å². The number of nitrogens with zero attached hydrogens (tertiary/aromatic N) is 5. The van der Waals surface area contributed by atoms with E-state index >= 15 is 0 Å². The summed E-state index contributed by atoms with van der Waals surface area (Å²) in [5, 5.41) is 11.3. The standard InChI is InChI=1S/C11H12N6O/c1-2-17-11-9(15-16-17)10(13-7-14-11)12-6-8-4-3-5-18-8/h3-5,7H,2,6H2,1H3,(H,12,13,14). The van der Waals surface area contributed by atoms with Crippen molar-refractivity contribution in [2.75, 3.05) is 5.32 Å². The molecule has 0 aromatic carbocycles. The molecule has 1 N–H and O–H groups in total. The highest BCUT2D eigenvalue weighted by atomic mass is 16.3. The van der Waals surface area contributed by atoms with E-state index in [2.05, 4.69) is 25.6 Å². The van der Waals surface area contributed by atoms with Crippen LogP contribution in [0.5, 0.6) is 0 Å². The van der Waals surface area contributed by atoms with Crippen LogP contribution in [0.1, 0.15) is 12.7 Å². The average Bonchev–Trinajstić information content (AvgIpc) is 3.05. The average molecular weight is 244 g/mol. The first-order valence-electron chi connectivity index (χ1n) is 5.69. The number of aryl methyl sites for hydroxylation is 1. The number of fused-ring (bicyclic) bond motifs is 1. The molecule has 0 saturated heterocycles. The zero-order valence-electron chi connectivity index (χ0n) is 9.87. The van der Waals surface area contributed by atoms with E-state index in [1.165, 1.54) is 6.33 Å². The molecule has 7 heteroatoms. The third-order valence-corrected chi connectivity index (χ3v) is 2.61. The Morgan fingerprint density at radius 3 is 3.11 bits per heavy atom. The van der Waals surface area contributed by atoms with Crippen molar-refractivity contribution in [1.29, 1.82) is 0 Å². The van der Waals surface area contributed by atoms with Gasteiger partial charge in [0.1, 0.15) is 12.1 Å². The van der Waals surface area contributed by atoms with Crippen LogP contribution in [0.15, 0.2) is 29.1 Å². The molecular weight excluding hydrogens is 232 g/mol. The highest BCUT2D eigenvalue weighted by molar-refractivity contribution is 5.81. The first kappa shape index (κ1) is 10.7. The van der Waals surface area contributed by atoms with Gasteiger partial charge in [-0.25, -0.2) is 14.6 Å². The Balaban J connectivity index is 1.90. The number of rotatable bonds is 4. The molecule has 0 radical (unpaired) electrons. The van der Waals surface area contributed by atoms with E-state index in [1.807, 2.05) is 19.1 Å². The summed E-state index contributed by atoms with van der Waals surface area (Å²) in [5.74, 6) is 1.50. The molecule has 0 fully saturated rings. The molecule has 0 aliphatic rings. The van der Waals surface area contributed by atoms with Crippen LogP contribution in [0.4, 0.5) is 5.82 Å². The summed E-state index contributed by atoms with van der Waals surface area (Å²) in [6.45, 7) is 3.27. The molecule has 92 valence electrons. The second-order valence-electron chi connectivity index (χ2n) is 3.73. The molecule has 0 amide bonds. The van der Waals surface area contributed by atoms with Gasteiger partial charge >= 0.3 is 0 Å². The largest absolute Gasteiger partial charge is 0.467 e. The molecule has 3 aromatic rings. The molecule has 3 rings (SSSR count). The maximum atomic E-state index is 5.25. The monoisotopic (exact) mass is 244 g/mol. The summed E-state index contributed by atoms with van der Waals surface area (Å²) >= 11 is 0. The van der Waals surface area contributed by atoms with Gasteiger partial charge in [0.05, 0.1) is 12.8 Å². The number of anilines is 1. The van der Waals surface area contributed by atoms with Gasteiger partial charge in [-0.3, -0.25) is 0 Å². The van der Waals surface area contributed by atoms with Gasteiger partial charge in [-0.05, 0) is 19.1 Å². The third kappa shape index (κ3) is 1.79. The Labute approximate surface area is 103 Å². The van der Waals surface area contributed by atoms with E-state index < -0.39 is 0 Å². The molecule has 0 saturated carbocycles. The lowest BCUT2D eigenvalue weighted by Crippen LogP contribution is -2.02. The SMILES string of the molecule is CCn1nnc2c(NCc3ccco3)ncnc21. The fourth-order valence-corrected chi connectivity index (χ4v) is 1.72. The van der Waals surface area contributed by atoms with Crippen molar-refractivity contribution in [3.63, 3.8) is 0 Å².